The molecule has 2 unspecified atom stereocenters. The molecule has 0 aliphatic carbocycles. The van der Waals surface area contributed by atoms with Crippen LogP contribution in [0.3, 0.4) is 0 Å². The van der Waals surface area contributed by atoms with Gasteiger partial charge in [-0.2, -0.15) is 0 Å². The summed E-state index contributed by atoms with van der Waals surface area (Å²) in [5.41, 5.74) is 1.72. The SMILES string of the molecule is CC1COc2ccccc2C1(C)n1cncc1CO. The van der Waals surface area contributed by atoms with Crippen molar-refractivity contribution < 1.29 is 9.84 Å². The predicted molar refractivity (Wildman–Crippen MR) is 72.0 cm³/mol. The van der Waals surface area contributed by atoms with Crippen LogP contribution in [0.4, 0.5) is 0 Å². The van der Waals surface area contributed by atoms with Gasteiger partial charge in [-0.1, -0.05) is 25.1 Å². The number of hydrogen-bond acceptors (Lipinski definition) is 3. The van der Waals surface area contributed by atoms with Crippen molar-refractivity contribution in [2.45, 2.75) is 26.0 Å². The average molecular weight is 258 g/mol. The lowest BCUT2D eigenvalue weighted by Gasteiger charge is -2.42. The Morgan fingerprint density at radius 3 is 3.05 bits per heavy atom. The fourth-order valence-electron chi connectivity index (χ4n) is 2.88. The number of benzene rings is 1. The molecule has 2 atom stereocenters. The Morgan fingerprint density at radius 1 is 1.47 bits per heavy atom. The number of hydrogen-bond donors (Lipinski definition) is 1. The molecule has 0 spiro atoms. The van der Waals surface area contributed by atoms with E-state index in [2.05, 4.69) is 29.5 Å². The number of para-hydroxylation sites is 1. The molecule has 4 heteroatoms. The molecule has 0 radical (unpaired) electrons. The number of aliphatic hydroxyl groups excluding tert-OH is 1. The van der Waals surface area contributed by atoms with Gasteiger partial charge in [0, 0.05) is 11.5 Å². The first kappa shape index (κ1) is 12.2. The molecule has 0 fully saturated rings. The highest BCUT2D eigenvalue weighted by Crippen LogP contribution is 2.43. The summed E-state index contributed by atoms with van der Waals surface area (Å²) in [6, 6.07) is 8.09. The Labute approximate surface area is 112 Å². The predicted octanol–water partition coefficient (Wildman–Crippen LogP) is 2.17. The fourth-order valence-corrected chi connectivity index (χ4v) is 2.88. The lowest BCUT2D eigenvalue weighted by Crippen LogP contribution is -2.44. The summed E-state index contributed by atoms with van der Waals surface area (Å²) in [6.07, 6.45) is 3.51. The largest absolute Gasteiger partial charge is 0.493 e. The molecule has 1 aliphatic rings. The van der Waals surface area contributed by atoms with Crippen molar-refractivity contribution >= 4 is 0 Å². The summed E-state index contributed by atoms with van der Waals surface area (Å²) in [7, 11) is 0. The van der Waals surface area contributed by atoms with E-state index in [9.17, 15) is 5.11 Å². The second kappa shape index (κ2) is 4.38. The van der Waals surface area contributed by atoms with Crippen molar-refractivity contribution in [3.63, 3.8) is 0 Å². The number of rotatable bonds is 2. The molecular weight excluding hydrogens is 240 g/mol. The molecule has 2 heterocycles. The van der Waals surface area contributed by atoms with Gasteiger partial charge in [-0.25, -0.2) is 4.98 Å². The molecule has 0 amide bonds. The summed E-state index contributed by atoms with van der Waals surface area (Å²) in [4.78, 5) is 4.18. The number of imidazole rings is 1. The number of nitrogens with zero attached hydrogens (tertiary/aromatic N) is 2. The van der Waals surface area contributed by atoms with E-state index in [0.717, 1.165) is 17.0 Å². The zero-order valence-electron chi connectivity index (χ0n) is 11.2. The Balaban J connectivity index is 2.22. The second-order valence-electron chi connectivity index (χ2n) is 5.27. The smallest absolute Gasteiger partial charge is 0.124 e. The van der Waals surface area contributed by atoms with Crippen LogP contribution in [0.2, 0.25) is 0 Å². The number of aliphatic hydroxyl groups is 1. The summed E-state index contributed by atoms with van der Waals surface area (Å²) >= 11 is 0. The zero-order chi connectivity index (χ0) is 13.5. The highest BCUT2D eigenvalue weighted by Gasteiger charge is 2.41. The molecule has 1 aromatic carbocycles. The fraction of sp³-hybridized carbons (Fsp3) is 0.400. The zero-order valence-corrected chi connectivity index (χ0v) is 11.2. The third-order valence-electron chi connectivity index (χ3n) is 4.26. The van der Waals surface area contributed by atoms with Crippen LogP contribution in [-0.4, -0.2) is 21.3 Å². The summed E-state index contributed by atoms with van der Waals surface area (Å²) in [5.74, 6) is 1.21. The maximum absolute atomic E-state index is 9.49. The van der Waals surface area contributed by atoms with Crippen LogP contribution in [0.1, 0.15) is 25.1 Å². The van der Waals surface area contributed by atoms with Gasteiger partial charge in [-0.3, -0.25) is 0 Å². The van der Waals surface area contributed by atoms with Crippen LogP contribution in [-0.2, 0) is 12.1 Å². The second-order valence-corrected chi connectivity index (χ2v) is 5.27. The van der Waals surface area contributed by atoms with Crippen molar-refractivity contribution in [1.82, 2.24) is 9.55 Å². The molecule has 1 aliphatic heterocycles. The van der Waals surface area contributed by atoms with Crippen molar-refractivity contribution in [3.8, 4) is 5.75 Å². The minimum Gasteiger partial charge on any atom is -0.493 e. The van der Waals surface area contributed by atoms with Crippen LogP contribution >= 0.6 is 0 Å². The highest BCUT2D eigenvalue weighted by atomic mass is 16.5. The highest BCUT2D eigenvalue weighted by molar-refractivity contribution is 5.42. The van der Waals surface area contributed by atoms with Crippen LogP contribution < -0.4 is 4.74 Å². The van der Waals surface area contributed by atoms with Gasteiger partial charge in [0.25, 0.3) is 0 Å². The molecule has 0 bridgehead atoms. The van der Waals surface area contributed by atoms with E-state index >= 15 is 0 Å². The van der Waals surface area contributed by atoms with E-state index in [1.54, 1.807) is 12.5 Å². The lowest BCUT2D eigenvalue weighted by atomic mass is 9.78. The van der Waals surface area contributed by atoms with Crippen LogP contribution in [0.25, 0.3) is 0 Å². The molecule has 0 saturated heterocycles. The quantitative estimate of drug-likeness (QED) is 0.898. The Morgan fingerprint density at radius 2 is 2.26 bits per heavy atom. The normalized spacial score (nSPS) is 25.7. The number of aromatic nitrogens is 2. The van der Waals surface area contributed by atoms with E-state index in [1.807, 2.05) is 18.2 Å². The van der Waals surface area contributed by atoms with Gasteiger partial charge in [0.1, 0.15) is 5.75 Å². The van der Waals surface area contributed by atoms with E-state index in [0.29, 0.717) is 12.5 Å². The van der Waals surface area contributed by atoms with Gasteiger partial charge < -0.3 is 14.4 Å². The van der Waals surface area contributed by atoms with Crippen LogP contribution in [0.5, 0.6) is 5.75 Å². The number of ether oxygens (including phenoxy) is 1. The van der Waals surface area contributed by atoms with Crippen LogP contribution in [0, 0.1) is 5.92 Å². The third kappa shape index (κ3) is 1.67. The Kier molecular flexibility index (Phi) is 2.82. The molecule has 19 heavy (non-hydrogen) atoms. The van der Waals surface area contributed by atoms with Gasteiger partial charge >= 0.3 is 0 Å². The van der Waals surface area contributed by atoms with Gasteiger partial charge in [0.05, 0.1) is 37.0 Å². The first-order valence-corrected chi connectivity index (χ1v) is 6.52. The van der Waals surface area contributed by atoms with Crippen molar-refractivity contribution in [2.24, 2.45) is 5.92 Å². The standard InChI is InChI=1S/C15H18N2O2/c1-11-9-19-14-6-4-3-5-13(14)15(11,2)17-10-16-7-12(17)8-18/h3-7,10-11,18H,8-9H2,1-2H3. The van der Waals surface area contributed by atoms with Crippen molar-refractivity contribution in [3.05, 3.63) is 48.0 Å². The Hall–Kier alpha value is -1.81. The summed E-state index contributed by atoms with van der Waals surface area (Å²) < 4.78 is 7.87. The maximum Gasteiger partial charge on any atom is 0.124 e. The summed E-state index contributed by atoms with van der Waals surface area (Å²) in [5, 5.41) is 9.49. The Bertz CT molecular complexity index is 593. The lowest BCUT2D eigenvalue weighted by molar-refractivity contribution is 0.124. The molecule has 0 saturated carbocycles. The molecule has 3 rings (SSSR count). The third-order valence-corrected chi connectivity index (χ3v) is 4.26. The van der Waals surface area contributed by atoms with Gasteiger partial charge in [-0.05, 0) is 13.0 Å². The van der Waals surface area contributed by atoms with E-state index in [1.165, 1.54) is 0 Å². The maximum atomic E-state index is 9.49. The van der Waals surface area contributed by atoms with Crippen molar-refractivity contribution in [1.29, 1.82) is 0 Å². The topological polar surface area (TPSA) is 47.3 Å². The molecule has 4 nitrogen and oxygen atoms in total. The molecule has 1 aromatic heterocycles. The molecule has 2 aromatic rings. The van der Waals surface area contributed by atoms with E-state index in [-0.39, 0.29) is 12.1 Å². The number of fused-ring (bicyclic) bond motifs is 1. The minimum atomic E-state index is -0.247. The van der Waals surface area contributed by atoms with Gasteiger partial charge in [0.15, 0.2) is 0 Å². The summed E-state index contributed by atoms with van der Waals surface area (Å²) in [6.45, 7) is 5.00. The first-order valence-electron chi connectivity index (χ1n) is 6.52. The first-order chi connectivity index (χ1) is 9.17. The van der Waals surface area contributed by atoms with Gasteiger partial charge in [0.2, 0.25) is 0 Å². The van der Waals surface area contributed by atoms with Crippen LogP contribution in [0.15, 0.2) is 36.8 Å². The van der Waals surface area contributed by atoms with E-state index < -0.39 is 0 Å². The van der Waals surface area contributed by atoms with Gasteiger partial charge in [-0.15, -0.1) is 0 Å². The van der Waals surface area contributed by atoms with E-state index in [4.69, 9.17) is 4.74 Å². The average Bonchev–Trinajstić information content (AvgIpc) is 2.92. The monoisotopic (exact) mass is 258 g/mol. The molecule has 1 N–H and O–H groups in total. The van der Waals surface area contributed by atoms with Crippen molar-refractivity contribution in [2.75, 3.05) is 6.61 Å². The molecular formula is C15H18N2O2. The minimum absolute atomic E-state index is 0.00860. The molecule has 100 valence electrons.